The van der Waals surface area contributed by atoms with Crippen LogP contribution >= 0.6 is 0 Å². The maximum Gasteiger partial charge on any atom is 0.290 e. The number of hydrogen-bond donors (Lipinski definition) is 1. The van der Waals surface area contributed by atoms with E-state index in [-0.39, 0.29) is 6.47 Å². The van der Waals surface area contributed by atoms with E-state index in [0.29, 0.717) is 12.1 Å². The van der Waals surface area contributed by atoms with Crippen molar-refractivity contribution in [3.05, 3.63) is 35.4 Å². The Hall–Kier alpha value is -1.57. The highest BCUT2D eigenvalue weighted by Crippen LogP contribution is 2.12. The van der Waals surface area contributed by atoms with Crippen molar-refractivity contribution in [2.75, 3.05) is 52.4 Å². The Kier molecular flexibility index (Phi) is 10.2. The molecule has 25 heavy (non-hydrogen) atoms. The van der Waals surface area contributed by atoms with E-state index in [2.05, 4.69) is 28.5 Å². The minimum atomic E-state index is -0.493. The topological polar surface area (TPSA) is 47.0 Å². The molecule has 5 nitrogen and oxygen atoms in total. The normalized spacial score (nSPS) is 15.7. The number of carbonyl (C=O) groups is 1. The lowest BCUT2D eigenvalue weighted by molar-refractivity contribution is -0.122. The average molecular weight is 357 g/mol. The van der Waals surface area contributed by atoms with Gasteiger partial charge in [0.2, 0.25) is 0 Å². The van der Waals surface area contributed by atoms with Gasteiger partial charge < -0.3 is 10.0 Å². The van der Waals surface area contributed by atoms with E-state index in [1.807, 2.05) is 0 Å². The molecule has 0 atom stereocenters. The Labute approximate surface area is 148 Å². The molecule has 142 valence electrons. The Morgan fingerprint density at radius 3 is 2.00 bits per heavy atom. The average Bonchev–Trinajstić information content (AvgIpc) is 2.57. The van der Waals surface area contributed by atoms with Crippen molar-refractivity contribution < 1.29 is 18.7 Å². The lowest BCUT2D eigenvalue weighted by Gasteiger charge is -2.35. The molecule has 0 radical (unpaired) electrons. The SMILES string of the molecule is CCN(CC)CCN1CCN(Cc2cc(F)cc(F)c2)CC1.O=CO. The van der Waals surface area contributed by atoms with Gasteiger partial charge in [-0.05, 0) is 30.8 Å². The van der Waals surface area contributed by atoms with Crippen LogP contribution in [0, 0.1) is 11.6 Å². The third kappa shape index (κ3) is 8.38. The quantitative estimate of drug-likeness (QED) is 0.758. The van der Waals surface area contributed by atoms with Gasteiger partial charge in [0.25, 0.3) is 6.47 Å². The maximum atomic E-state index is 13.2. The monoisotopic (exact) mass is 357 g/mol. The van der Waals surface area contributed by atoms with Crippen LogP contribution in [-0.2, 0) is 11.3 Å². The number of piperazine rings is 1. The van der Waals surface area contributed by atoms with Crippen LogP contribution in [0.2, 0.25) is 0 Å². The van der Waals surface area contributed by atoms with Gasteiger partial charge >= 0.3 is 0 Å². The van der Waals surface area contributed by atoms with E-state index in [4.69, 9.17) is 9.90 Å². The number of benzene rings is 1. The number of likely N-dealkylation sites (N-methyl/N-ethyl adjacent to an activating group) is 1. The van der Waals surface area contributed by atoms with Crippen LogP contribution in [-0.4, -0.2) is 78.6 Å². The molecule has 1 fully saturated rings. The van der Waals surface area contributed by atoms with Gasteiger partial charge in [0.15, 0.2) is 0 Å². The molecule has 0 spiro atoms. The van der Waals surface area contributed by atoms with Crippen LogP contribution in [0.25, 0.3) is 0 Å². The molecule has 7 heteroatoms. The molecule has 0 bridgehead atoms. The molecule has 1 aliphatic rings. The molecular weight excluding hydrogens is 328 g/mol. The smallest absolute Gasteiger partial charge is 0.290 e. The molecule has 0 unspecified atom stereocenters. The summed E-state index contributed by atoms with van der Waals surface area (Å²) in [7, 11) is 0. The minimum absolute atomic E-state index is 0.250. The Morgan fingerprint density at radius 1 is 1.04 bits per heavy atom. The van der Waals surface area contributed by atoms with Gasteiger partial charge in [0, 0.05) is 51.9 Å². The van der Waals surface area contributed by atoms with Crippen molar-refractivity contribution in [3.63, 3.8) is 0 Å². The molecule has 1 aromatic rings. The molecular formula is C18H29F2N3O2. The van der Waals surface area contributed by atoms with Crippen LogP contribution in [0.15, 0.2) is 18.2 Å². The summed E-state index contributed by atoms with van der Waals surface area (Å²) in [4.78, 5) is 15.5. The van der Waals surface area contributed by atoms with Crippen molar-refractivity contribution in [1.82, 2.24) is 14.7 Å². The number of carboxylic acid groups (broad SMARTS) is 1. The number of nitrogens with zero attached hydrogens (tertiary/aromatic N) is 3. The van der Waals surface area contributed by atoms with Crippen molar-refractivity contribution in [2.45, 2.75) is 20.4 Å². The third-order valence-electron chi connectivity index (χ3n) is 4.42. The van der Waals surface area contributed by atoms with Crippen molar-refractivity contribution in [2.24, 2.45) is 0 Å². The molecule has 1 aliphatic heterocycles. The summed E-state index contributed by atoms with van der Waals surface area (Å²) in [5, 5.41) is 6.89. The standard InChI is InChI=1S/C17H27F2N3.CH2O2/c1-3-20(4-2)5-6-21-7-9-22(10-8-21)14-15-11-16(18)13-17(19)12-15;2-1-3/h11-13H,3-10,14H2,1-2H3;1H,(H,2,3). The summed E-state index contributed by atoms with van der Waals surface area (Å²) in [6, 6.07) is 3.78. The van der Waals surface area contributed by atoms with Gasteiger partial charge in [0.05, 0.1) is 0 Å². The largest absolute Gasteiger partial charge is 0.483 e. The number of halogens is 2. The van der Waals surface area contributed by atoms with Gasteiger partial charge in [-0.15, -0.1) is 0 Å². The second-order valence-corrected chi connectivity index (χ2v) is 6.03. The Morgan fingerprint density at radius 2 is 1.52 bits per heavy atom. The summed E-state index contributed by atoms with van der Waals surface area (Å²) in [6.07, 6.45) is 0. The number of hydrogen-bond acceptors (Lipinski definition) is 4. The molecule has 1 saturated heterocycles. The Bertz CT molecular complexity index is 485. The number of rotatable bonds is 7. The van der Waals surface area contributed by atoms with Crippen LogP contribution < -0.4 is 0 Å². The first-order chi connectivity index (χ1) is 12.0. The highest BCUT2D eigenvalue weighted by Gasteiger charge is 2.17. The van der Waals surface area contributed by atoms with Gasteiger partial charge in [-0.2, -0.15) is 0 Å². The zero-order chi connectivity index (χ0) is 18.7. The Balaban J connectivity index is 0.000000970. The molecule has 1 aromatic carbocycles. The maximum absolute atomic E-state index is 13.2. The summed E-state index contributed by atoms with van der Waals surface area (Å²) in [5.74, 6) is -0.985. The molecule has 1 N–H and O–H groups in total. The fraction of sp³-hybridized carbons (Fsp3) is 0.611. The van der Waals surface area contributed by atoms with E-state index < -0.39 is 11.6 Å². The second-order valence-electron chi connectivity index (χ2n) is 6.03. The summed E-state index contributed by atoms with van der Waals surface area (Å²) >= 11 is 0. The third-order valence-corrected chi connectivity index (χ3v) is 4.42. The minimum Gasteiger partial charge on any atom is -0.483 e. The van der Waals surface area contributed by atoms with Gasteiger partial charge in [-0.25, -0.2) is 8.78 Å². The summed E-state index contributed by atoms with van der Waals surface area (Å²) < 4.78 is 26.4. The van der Waals surface area contributed by atoms with E-state index in [1.165, 1.54) is 12.1 Å². The zero-order valence-electron chi connectivity index (χ0n) is 15.1. The van der Waals surface area contributed by atoms with E-state index in [9.17, 15) is 8.78 Å². The molecule has 0 amide bonds. The molecule has 0 saturated carbocycles. The van der Waals surface area contributed by atoms with Gasteiger partial charge in [-0.1, -0.05) is 13.8 Å². The van der Waals surface area contributed by atoms with Gasteiger partial charge in [0.1, 0.15) is 11.6 Å². The van der Waals surface area contributed by atoms with Crippen molar-refractivity contribution in [1.29, 1.82) is 0 Å². The molecule has 2 rings (SSSR count). The van der Waals surface area contributed by atoms with Crippen LogP contribution in [0.1, 0.15) is 19.4 Å². The van der Waals surface area contributed by atoms with Crippen molar-refractivity contribution in [3.8, 4) is 0 Å². The first-order valence-electron chi connectivity index (χ1n) is 8.72. The molecule has 1 heterocycles. The highest BCUT2D eigenvalue weighted by molar-refractivity contribution is 5.32. The highest BCUT2D eigenvalue weighted by atomic mass is 19.1. The zero-order valence-corrected chi connectivity index (χ0v) is 15.1. The lowest BCUT2D eigenvalue weighted by atomic mass is 10.2. The fourth-order valence-corrected chi connectivity index (χ4v) is 2.95. The second kappa shape index (κ2) is 11.9. The molecule has 0 aliphatic carbocycles. The van der Waals surface area contributed by atoms with E-state index in [0.717, 1.165) is 58.4 Å². The van der Waals surface area contributed by atoms with Gasteiger partial charge in [-0.3, -0.25) is 14.6 Å². The van der Waals surface area contributed by atoms with Crippen LogP contribution in [0.3, 0.4) is 0 Å². The predicted octanol–water partition coefficient (Wildman–Crippen LogP) is 2.12. The first kappa shape index (κ1) is 21.5. The van der Waals surface area contributed by atoms with Crippen LogP contribution in [0.5, 0.6) is 0 Å². The summed E-state index contributed by atoms with van der Waals surface area (Å²) in [5.41, 5.74) is 0.717. The first-order valence-corrected chi connectivity index (χ1v) is 8.72. The van der Waals surface area contributed by atoms with E-state index in [1.54, 1.807) is 0 Å². The molecule has 0 aromatic heterocycles. The predicted molar refractivity (Wildman–Crippen MR) is 94.6 cm³/mol. The van der Waals surface area contributed by atoms with Crippen molar-refractivity contribution >= 4 is 6.47 Å². The summed E-state index contributed by atoms with van der Waals surface area (Å²) in [6.45, 7) is 13.1. The lowest BCUT2D eigenvalue weighted by Crippen LogP contribution is -2.48. The van der Waals surface area contributed by atoms with E-state index >= 15 is 0 Å². The fourth-order valence-electron chi connectivity index (χ4n) is 2.95. The van der Waals surface area contributed by atoms with Crippen LogP contribution in [0.4, 0.5) is 8.78 Å².